The molecular weight excluding hydrogens is 494 g/mol. The number of esters is 1. The van der Waals surface area contributed by atoms with Crippen molar-refractivity contribution < 1.29 is 35.8 Å². The second kappa shape index (κ2) is 4.71. The number of carbonyl (C=O) groups is 1. The maximum absolute atomic E-state index is 12.7. The summed E-state index contributed by atoms with van der Waals surface area (Å²) in [5.41, 5.74) is -0.575. The molecule has 0 amide bonds. The monoisotopic (exact) mass is 519 g/mol. The summed E-state index contributed by atoms with van der Waals surface area (Å²) < 4.78 is 7.52. The van der Waals surface area contributed by atoms with Gasteiger partial charge in [-0.2, -0.15) is 0 Å². The van der Waals surface area contributed by atoms with Crippen molar-refractivity contribution in [1.82, 2.24) is 0 Å². The number of ether oxygens (including phenoxy) is 1. The van der Waals surface area contributed by atoms with Crippen LogP contribution >= 0.6 is 19.8 Å². The van der Waals surface area contributed by atoms with Crippen LogP contribution in [0.1, 0.15) is 32.1 Å². The molecule has 1 spiro atoms. The molecule has 0 aliphatic heterocycles. The maximum atomic E-state index is 12.7. The quantitative estimate of drug-likeness (QED) is 0.291. The fourth-order valence-corrected chi connectivity index (χ4v) is 15.6. The summed E-state index contributed by atoms with van der Waals surface area (Å²) in [4.78, 5) is 19.6. The minimum atomic E-state index is -0.889. The molecule has 0 saturated heterocycles. The van der Waals surface area contributed by atoms with Gasteiger partial charge in [-0.3, -0.25) is 0 Å². The molecule has 4 fully saturated rings. The first-order valence-corrected chi connectivity index (χ1v) is 17.0. The summed E-state index contributed by atoms with van der Waals surface area (Å²) in [5.74, 6) is 1.46. The molecule has 0 heterocycles. The predicted molar refractivity (Wildman–Crippen MR) is 86.7 cm³/mol. The van der Waals surface area contributed by atoms with Gasteiger partial charge >= 0.3 is 145 Å². The zero-order valence-electron chi connectivity index (χ0n) is 13.0. The van der Waals surface area contributed by atoms with Crippen molar-refractivity contribution in [3.8, 4) is 0 Å². The van der Waals surface area contributed by atoms with E-state index in [-0.39, 0.29) is 42.1 Å². The summed E-state index contributed by atoms with van der Waals surface area (Å²) >= 11 is -0.978. The second-order valence-electron chi connectivity index (χ2n) is 7.82. The van der Waals surface area contributed by atoms with Crippen LogP contribution in [0, 0.1) is 17.3 Å². The molecule has 0 aromatic rings. The fraction of sp³-hybridized carbons (Fsp3) is 0.938. The van der Waals surface area contributed by atoms with Crippen LogP contribution in [0.4, 0.5) is 0 Å². The van der Waals surface area contributed by atoms with Crippen molar-refractivity contribution in [2.75, 3.05) is 19.2 Å². The molecule has 6 atom stereocenters. The van der Waals surface area contributed by atoms with Gasteiger partial charge < -0.3 is 0 Å². The summed E-state index contributed by atoms with van der Waals surface area (Å²) in [5, 5.41) is 10.8. The first-order valence-electron chi connectivity index (χ1n) is 7.73. The van der Waals surface area contributed by atoms with Gasteiger partial charge in [0, 0.05) is 0 Å². The van der Waals surface area contributed by atoms with E-state index < -0.39 is 25.4 Å². The number of rotatable bonds is 5. The molecule has 21 heavy (non-hydrogen) atoms. The number of hydrogen-bond donors (Lipinski definition) is 1. The van der Waals surface area contributed by atoms with Crippen molar-refractivity contribution in [3.63, 3.8) is 0 Å². The van der Waals surface area contributed by atoms with Gasteiger partial charge in [-0.15, -0.1) is 0 Å². The normalized spacial score (nSPS) is 51.0. The molecule has 4 aliphatic carbocycles. The topological polar surface area (TPSA) is 46.5 Å². The number of aliphatic hydroxyl groups is 1. The molecule has 0 aromatic carbocycles. The summed E-state index contributed by atoms with van der Waals surface area (Å²) in [6.45, 7) is 0. The van der Waals surface area contributed by atoms with Crippen LogP contribution < -0.4 is 21.2 Å². The van der Waals surface area contributed by atoms with Crippen LogP contribution in [0.2, 0.25) is 0 Å². The van der Waals surface area contributed by atoms with E-state index in [1.54, 1.807) is 0 Å². The molecule has 4 rings (SSSR count). The van der Waals surface area contributed by atoms with Crippen molar-refractivity contribution >= 4 is 25.8 Å². The van der Waals surface area contributed by atoms with Crippen molar-refractivity contribution in [1.29, 1.82) is 0 Å². The van der Waals surface area contributed by atoms with Crippen LogP contribution in [-0.2, 0) is 9.53 Å². The number of halogens is 2. The van der Waals surface area contributed by atoms with Gasteiger partial charge in [0.25, 0.3) is 0 Å². The molecule has 0 aromatic heterocycles. The molecule has 122 valence electrons. The van der Waals surface area contributed by atoms with Crippen LogP contribution in [0.3, 0.4) is 0 Å². The Kier molecular flexibility index (Phi) is 3.46. The van der Waals surface area contributed by atoms with Gasteiger partial charge in [0.1, 0.15) is 0 Å². The van der Waals surface area contributed by atoms with Gasteiger partial charge in [0.15, 0.2) is 0 Å². The summed E-state index contributed by atoms with van der Waals surface area (Å²) in [6, 6.07) is 0. The summed E-state index contributed by atoms with van der Waals surface area (Å²) in [6.07, 6.45) is 4.91. The molecule has 2 bridgehead atoms. The number of hydrogen-bond acceptors (Lipinski definition) is 3. The van der Waals surface area contributed by atoms with Gasteiger partial charge in [-0.05, 0) is 0 Å². The van der Waals surface area contributed by atoms with E-state index in [1.165, 1.54) is 6.42 Å². The Labute approximate surface area is 144 Å². The van der Waals surface area contributed by atoms with Gasteiger partial charge in [0.2, 0.25) is 0 Å². The third-order valence-electron chi connectivity index (χ3n) is 6.57. The van der Waals surface area contributed by atoms with E-state index in [9.17, 15) is 9.90 Å². The molecule has 6 unspecified atom stereocenters. The van der Waals surface area contributed by atoms with Gasteiger partial charge in [0.05, 0.1) is 0 Å². The van der Waals surface area contributed by atoms with Crippen LogP contribution in [0.25, 0.3) is 0 Å². The van der Waals surface area contributed by atoms with Gasteiger partial charge in [-0.25, -0.2) is 0 Å². The Morgan fingerprint density at radius 1 is 1.38 bits per heavy atom. The van der Waals surface area contributed by atoms with Crippen LogP contribution in [0.5, 0.6) is 0 Å². The second-order valence-corrected chi connectivity index (χ2v) is 16.7. The van der Waals surface area contributed by atoms with Crippen LogP contribution in [-0.4, -0.2) is 45.4 Å². The molecule has 1 N–H and O–H groups in total. The summed E-state index contributed by atoms with van der Waals surface area (Å²) in [7, 11) is 0. The minimum absolute atomic E-state index is 0.0888. The fourth-order valence-electron chi connectivity index (χ4n) is 6.01. The Bertz CT molecular complexity index is 496. The first kappa shape index (κ1) is 15.4. The number of alkyl halides is 5. The molecule has 3 nitrogen and oxygen atoms in total. The van der Waals surface area contributed by atoms with Crippen molar-refractivity contribution in [2.24, 2.45) is 17.3 Å². The molecular formula is C16H25I2O3-. The molecule has 0 radical (unpaired) electrons. The molecule has 4 aliphatic rings. The first-order chi connectivity index (χ1) is 9.84. The average Bonchev–Trinajstić information content (AvgIpc) is 2.77. The molecule has 4 saturated carbocycles. The van der Waals surface area contributed by atoms with E-state index in [0.717, 1.165) is 36.0 Å². The third-order valence-corrected chi connectivity index (χ3v) is 13.4. The standard InChI is InChI=1S/C16H25I2O3/c1-17-12(7-18(2)3)13(19)21-15-6-11-4-10-5-14(20,8-15)9-16(10,11)15/h10-12,20H,4-9H2,1-3H3/q-1. The van der Waals surface area contributed by atoms with E-state index in [4.69, 9.17) is 4.74 Å². The average molecular weight is 519 g/mol. The van der Waals surface area contributed by atoms with E-state index >= 15 is 0 Å². The predicted octanol–water partition coefficient (Wildman–Crippen LogP) is -0.923. The Morgan fingerprint density at radius 3 is 2.67 bits per heavy atom. The Balaban J connectivity index is 1.52. The van der Waals surface area contributed by atoms with Crippen molar-refractivity contribution in [2.45, 2.75) is 47.2 Å². The number of fused-ring (bicyclic) bond motifs is 1. The van der Waals surface area contributed by atoms with E-state index in [0.29, 0.717) is 5.92 Å². The van der Waals surface area contributed by atoms with Gasteiger partial charge in [-0.1, -0.05) is 0 Å². The van der Waals surface area contributed by atoms with E-state index in [2.05, 4.69) is 14.8 Å². The Morgan fingerprint density at radius 2 is 2.10 bits per heavy atom. The van der Waals surface area contributed by atoms with E-state index in [1.807, 2.05) is 0 Å². The third kappa shape index (κ3) is 1.88. The van der Waals surface area contributed by atoms with Crippen molar-refractivity contribution in [3.05, 3.63) is 0 Å². The van der Waals surface area contributed by atoms with Crippen LogP contribution in [0.15, 0.2) is 0 Å². The Hall–Kier alpha value is 0.890. The zero-order valence-corrected chi connectivity index (χ0v) is 17.3. The zero-order chi connectivity index (χ0) is 15.0. The number of carbonyl (C=O) groups excluding carboxylic acids is 1. The molecule has 5 heteroatoms. The SMILES string of the molecule is C[I-]C(CI(C)C)C(=O)OC12CC3CC4CC(O)(C1)CC432.